The molecule has 3 aromatic carbocycles. The number of rotatable bonds is 10. The molecule has 4 rings (SSSR count). The van der Waals surface area contributed by atoms with E-state index in [0.717, 1.165) is 23.1 Å². The fraction of sp³-hybridized carbons (Fsp3) is 0.241. The lowest BCUT2D eigenvalue weighted by atomic mass is 10.0. The van der Waals surface area contributed by atoms with Crippen molar-refractivity contribution >= 4 is 16.8 Å². The highest BCUT2D eigenvalue weighted by atomic mass is 16.3. The molecule has 0 spiro atoms. The molecule has 1 heterocycles. The van der Waals surface area contributed by atoms with E-state index in [9.17, 15) is 19.8 Å². The van der Waals surface area contributed by atoms with Crippen molar-refractivity contribution in [1.82, 2.24) is 15.6 Å². The summed E-state index contributed by atoms with van der Waals surface area (Å²) in [5.74, 6) is -0.0430. The number of carbonyl (C=O) groups excluding carboxylic acids is 1. The number of fused-ring (bicyclic) bond motifs is 1. The maximum atomic E-state index is 12.3. The Hall–Kier alpha value is -3.94. The monoisotopic (exact) mass is 485 g/mol. The van der Waals surface area contributed by atoms with Crippen LogP contribution in [0, 0.1) is 0 Å². The second-order valence-electron chi connectivity index (χ2n) is 9.07. The molecule has 1 amide bonds. The van der Waals surface area contributed by atoms with Gasteiger partial charge < -0.3 is 25.8 Å². The third-order valence-corrected chi connectivity index (χ3v) is 6.19. The van der Waals surface area contributed by atoms with Crippen LogP contribution in [-0.4, -0.2) is 33.7 Å². The van der Waals surface area contributed by atoms with Crippen LogP contribution < -0.4 is 16.2 Å². The van der Waals surface area contributed by atoms with Crippen molar-refractivity contribution in [3.63, 3.8) is 0 Å². The molecule has 0 aliphatic heterocycles. The number of hydrogen-bond acceptors (Lipinski definition) is 5. The molecule has 186 valence electrons. The molecular formula is C29H31N3O4. The first kappa shape index (κ1) is 25.2. The van der Waals surface area contributed by atoms with Crippen molar-refractivity contribution in [1.29, 1.82) is 0 Å². The van der Waals surface area contributed by atoms with E-state index in [-0.39, 0.29) is 23.3 Å². The Balaban J connectivity index is 1.27. The highest BCUT2D eigenvalue weighted by Crippen LogP contribution is 2.28. The van der Waals surface area contributed by atoms with Gasteiger partial charge >= 0.3 is 0 Å². The van der Waals surface area contributed by atoms with Crippen molar-refractivity contribution in [2.24, 2.45) is 0 Å². The molecule has 4 aromatic rings. The smallest absolute Gasteiger partial charge is 0.248 e. The molecule has 0 fully saturated rings. The van der Waals surface area contributed by atoms with E-state index in [4.69, 9.17) is 0 Å². The fourth-order valence-electron chi connectivity index (χ4n) is 4.24. The molecule has 5 N–H and O–H groups in total. The third-order valence-electron chi connectivity index (χ3n) is 6.19. The molecule has 0 aliphatic carbocycles. The lowest BCUT2D eigenvalue weighted by molar-refractivity contribution is -0.120. The molecule has 7 nitrogen and oxygen atoms in total. The lowest BCUT2D eigenvalue weighted by Gasteiger charge is -2.19. The van der Waals surface area contributed by atoms with Crippen LogP contribution in [-0.2, 0) is 24.2 Å². The lowest BCUT2D eigenvalue weighted by Crippen LogP contribution is -2.32. The SMILES string of the molecule is CC(Cc1ccc(CC(=O)NCc2ccccc2)cc1)NC[C@H](O)c1ccc(O)c2[nH]c(=O)ccc12. The molecule has 0 saturated carbocycles. The van der Waals surface area contributed by atoms with E-state index in [2.05, 4.69) is 15.6 Å². The average molecular weight is 486 g/mol. The number of carbonyl (C=O) groups is 1. The molecule has 7 heteroatoms. The number of amides is 1. The Bertz CT molecular complexity index is 1370. The Labute approximate surface area is 209 Å². The van der Waals surface area contributed by atoms with E-state index in [1.165, 1.54) is 12.1 Å². The van der Waals surface area contributed by atoms with Crippen LogP contribution in [0.25, 0.3) is 10.9 Å². The molecule has 0 radical (unpaired) electrons. The van der Waals surface area contributed by atoms with Gasteiger partial charge in [0.05, 0.1) is 18.0 Å². The predicted molar refractivity (Wildman–Crippen MR) is 141 cm³/mol. The molecule has 0 aliphatic rings. The van der Waals surface area contributed by atoms with E-state index in [1.807, 2.05) is 61.5 Å². The van der Waals surface area contributed by atoms with Gasteiger partial charge in [-0.2, -0.15) is 0 Å². The van der Waals surface area contributed by atoms with E-state index >= 15 is 0 Å². The summed E-state index contributed by atoms with van der Waals surface area (Å²) in [6.07, 6.45) is 0.286. The number of phenols is 1. The summed E-state index contributed by atoms with van der Waals surface area (Å²) in [7, 11) is 0. The van der Waals surface area contributed by atoms with E-state index < -0.39 is 6.10 Å². The summed E-state index contributed by atoms with van der Waals surface area (Å²) in [6, 6.07) is 24.1. The largest absolute Gasteiger partial charge is 0.506 e. The molecule has 0 saturated heterocycles. The summed E-state index contributed by atoms with van der Waals surface area (Å²) >= 11 is 0. The molecule has 1 aromatic heterocycles. The number of hydrogen-bond donors (Lipinski definition) is 5. The highest BCUT2D eigenvalue weighted by Gasteiger charge is 2.15. The number of pyridine rings is 1. The van der Waals surface area contributed by atoms with Crippen molar-refractivity contribution in [2.75, 3.05) is 6.54 Å². The zero-order valence-electron chi connectivity index (χ0n) is 20.2. The van der Waals surface area contributed by atoms with Crippen LogP contribution in [0.15, 0.2) is 83.7 Å². The van der Waals surface area contributed by atoms with Crippen molar-refractivity contribution in [3.05, 3.63) is 111 Å². The van der Waals surface area contributed by atoms with Gasteiger partial charge in [-0.25, -0.2) is 0 Å². The third kappa shape index (κ3) is 6.59. The van der Waals surface area contributed by atoms with Crippen LogP contribution in [0.5, 0.6) is 5.75 Å². The molecule has 36 heavy (non-hydrogen) atoms. The van der Waals surface area contributed by atoms with Gasteiger partial charge in [0.15, 0.2) is 0 Å². The quantitative estimate of drug-likeness (QED) is 0.236. The van der Waals surface area contributed by atoms with Gasteiger partial charge in [-0.3, -0.25) is 9.59 Å². The summed E-state index contributed by atoms with van der Waals surface area (Å²) in [5, 5.41) is 27.7. The van der Waals surface area contributed by atoms with Crippen LogP contribution >= 0.6 is 0 Å². The first-order chi connectivity index (χ1) is 17.4. The number of nitrogens with one attached hydrogen (secondary N) is 3. The minimum atomic E-state index is -0.807. The number of aliphatic hydroxyl groups is 1. The number of aliphatic hydroxyl groups excluding tert-OH is 1. The summed E-state index contributed by atoms with van der Waals surface area (Å²) in [6.45, 7) is 2.88. The van der Waals surface area contributed by atoms with Crippen LogP contribution in [0.1, 0.15) is 35.3 Å². The van der Waals surface area contributed by atoms with Crippen LogP contribution in [0.4, 0.5) is 0 Å². The fourth-order valence-corrected chi connectivity index (χ4v) is 4.24. The van der Waals surface area contributed by atoms with Gasteiger partial charge in [0.25, 0.3) is 0 Å². The van der Waals surface area contributed by atoms with Crippen LogP contribution in [0.2, 0.25) is 0 Å². The normalized spacial score (nSPS) is 12.8. The number of aromatic hydroxyl groups is 1. The molecular weight excluding hydrogens is 454 g/mol. The molecule has 0 bridgehead atoms. The summed E-state index contributed by atoms with van der Waals surface area (Å²) in [5.41, 5.74) is 3.80. The van der Waals surface area contributed by atoms with Gasteiger partial charge in [0.2, 0.25) is 11.5 Å². The van der Waals surface area contributed by atoms with Crippen molar-refractivity contribution in [3.8, 4) is 5.75 Å². The predicted octanol–water partition coefficient (Wildman–Crippen LogP) is 3.35. The number of phenolic OH excluding ortho intramolecular Hbond substituents is 1. The zero-order chi connectivity index (χ0) is 25.5. The number of aromatic amines is 1. The van der Waals surface area contributed by atoms with E-state index in [1.54, 1.807) is 12.1 Å². The first-order valence-corrected chi connectivity index (χ1v) is 12.0. The zero-order valence-corrected chi connectivity index (χ0v) is 20.2. The van der Waals surface area contributed by atoms with E-state index in [0.29, 0.717) is 36.0 Å². The number of benzene rings is 3. The minimum absolute atomic E-state index is 0.0125. The highest BCUT2D eigenvalue weighted by molar-refractivity contribution is 5.87. The van der Waals surface area contributed by atoms with Crippen molar-refractivity contribution < 1.29 is 15.0 Å². The number of H-pyrrole nitrogens is 1. The number of aromatic nitrogens is 1. The second kappa shape index (κ2) is 11.7. The Morgan fingerprint density at radius 1 is 0.917 bits per heavy atom. The van der Waals surface area contributed by atoms with Gasteiger partial charge in [0, 0.05) is 30.6 Å². The Morgan fingerprint density at radius 2 is 1.64 bits per heavy atom. The molecule has 1 unspecified atom stereocenters. The first-order valence-electron chi connectivity index (χ1n) is 12.0. The maximum absolute atomic E-state index is 12.3. The van der Waals surface area contributed by atoms with Gasteiger partial charge in [-0.05, 0) is 47.7 Å². The second-order valence-corrected chi connectivity index (χ2v) is 9.07. The van der Waals surface area contributed by atoms with Crippen molar-refractivity contribution in [2.45, 2.75) is 38.5 Å². The van der Waals surface area contributed by atoms with Crippen LogP contribution in [0.3, 0.4) is 0 Å². The Kier molecular flexibility index (Phi) is 8.15. The minimum Gasteiger partial charge on any atom is -0.506 e. The standard InChI is InChI=1S/C29H31N3O4/c1-19(30-18-26(34)23-11-13-25(33)29-24(23)12-14-27(35)32-29)15-20-7-9-21(10-8-20)16-28(36)31-17-22-5-3-2-4-6-22/h2-14,19,26,30,33-34H,15-18H2,1H3,(H,31,36)(H,32,35)/t19?,26-/m0/s1. The van der Waals surface area contributed by atoms with Gasteiger partial charge in [-0.1, -0.05) is 60.7 Å². The van der Waals surface area contributed by atoms with Gasteiger partial charge in [-0.15, -0.1) is 0 Å². The molecule has 2 atom stereocenters. The Morgan fingerprint density at radius 3 is 2.39 bits per heavy atom. The summed E-state index contributed by atoms with van der Waals surface area (Å²) < 4.78 is 0. The average Bonchev–Trinajstić information content (AvgIpc) is 2.88. The topological polar surface area (TPSA) is 114 Å². The maximum Gasteiger partial charge on any atom is 0.248 e. The van der Waals surface area contributed by atoms with Gasteiger partial charge in [0.1, 0.15) is 5.75 Å². The summed E-state index contributed by atoms with van der Waals surface area (Å²) in [4.78, 5) is 26.5.